The zero-order valence-electron chi connectivity index (χ0n) is 18.5. The zero-order chi connectivity index (χ0) is 23.1. The van der Waals surface area contributed by atoms with E-state index < -0.39 is 0 Å². The summed E-state index contributed by atoms with van der Waals surface area (Å²) in [6.45, 7) is 4.43. The van der Waals surface area contributed by atoms with Gasteiger partial charge in [0.2, 0.25) is 11.8 Å². The van der Waals surface area contributed by atoms with Crippen LogP contribution in [0, 0.1) is 6.92 Å². The normalized spacial score (nSPS) is 14.9. The van der Waals surface area contributed by atoms with E-state index in [1.54, 1.807) is 11.1 Å². The van der Waals surface area contributed by atoms with Crippen molar-refractivity contribution in [3.05, 3.63) is 60.4 Å². The van der Waals surface area contributed by atoms with Gasteiger partial charge in [0, 0.05) is 41.3 Å². The van der Waals surface area contributed by atoms with Crippen LogP contribution in [0.4, 0.5) is 27.8 Å². The van der Waals surface area contributed by atoms with E-state index in [1.807, 2.05) is 42.6 Å². The topological polar surface area (TPSA) is 102 Å². The standard InChI is InChI=1S/C25H22N6O3/c1-15-20(14-27-23-22(15)26-8-10-33-23)16-2-3-17-13-28-24(30-21(17)12-16)29-18-4-6-19(7-5-18)31-9-11-34-25(31)32/h2-7,12-14,26H,8-11H2,1H3,(H,28,29,30). The van der Waals surface area contributed by atoms with Crippen LogP contribution in [0.2, 0.25) is 0 Å². The van der Waals surface area contributed by atoms with Gasteiger partial charge in [-0.2, -0.15) is 0 Å². The van der Waals surface area contributed by atoms with Gasteiger partial charge in [0.25, 0.3) is 0 Å². The number of aromatic nitrogens is 3. The number of cyclic esters (lactones) is 1. The van der Waals surface area contributed by atoms with E-state index in [0.717, 1.165) is 51.2 Å². The van der Waals surface area contributed by atoms with Crippen molar-refractivity contribution in [2.75, 3.05) is 41.8 Å². The number of pyridine rings is 1. The van der Waals surface area contributed by atoms with Crippen LogP contribution < -0.4 is 20.3 Å². The van der Waals surface area contributed by atoms with Crippen molar-refractivity contribution >= 4 is 40.0 Å². The molecular formula is C25H22N6O3. The minimum atomic E-state index is -0.318. The summed E-state index contributed by atoms with van der Waals surface area (Å²) in [5, 5.41) is 7.57. The molecule has 4 heterocycles. The van der Waals surface area contributed by atoms with E-state index in [9.17, 15) is 4.79 Å². The van der Waals surface area contributed by atoms with Crippen LogP contribution in [-0.2, 0) is 4.74 Å². The predicted molar refractivity (Wildman–Crippen MR) is 130 cm³/mol. The molecule has 34 heavy (non-hydrogen) atoms. The van der Waals surface area contributed by atoms with Crippen molar-refractivity contribution in [2.45, 2.75) is 6.92 Å². The van der Waals surface area contributed by atoms with E-state index in [1.165, 1.54) is 0 Å². The van der Waals surface area contributed by atoms with Crippen molar-refractivity contribution in [1.29, 1.82) is 0 Å². The summed E-state index contributed by atoms with van der Waals surface area (Å²) in [5.74, 6) is 1.14. The largest absolute Gasteiger partial charge is 0.474 e. The second-order valence-electron chi connectivity index (χ2n) is 8.16. The first kappa shape index (κ1) is 20.2. The highest BCUT2D eigenvalue weighted by atomic mass is 16.6. The number of amides is 1. The summed E-state index contributed by atoms with van der Waals surface area (Å²) < 4.78 is 10.7. The molecule has 170 valence electrons. The number of rotatable bonds is 4. The number of benzene rings is 2. The van der Waals surface area contributed by atoms with Crippen molar-refractivity contribution < 1.29 is 14.3 Å². The monoisotopic (exact) mass is 454 g/mol. The Kier molecular flexibility index (Phi) is 4.87. The Labute approximate surface area is 195 Å². The van der Waals surface area contributed by atoms with E-state index in [0.29, 0.717) is 31.6 Å². The van der Waals surface area contributed by atoms with E-state index >= 15 is 0 Å². The molecule has 0 atom stereocenters. The van der Waals surface area contributed by atoms with E-state index in [-0.39, 0.29) is 6.09 Å². The molecule has 0 aliphatic carbocycles. The maximum absolute atomic E-state index is 11.8. The van der Waals surface area contributed by atoms with Crippen LogP contribution in [0.15, 0.2) is 54.9 Å². The lowest BCUT2D eigenvalue weighted by Crippen LogP contribution is -2.23. The summed E-state index contributed by atoms with van der Waals surface area (Å²) >= 11 is 0. The van der Waals surface area contributed by atoms with E-state index in [4.69, 9.17) is 14.5 Å². The Morgan fingerprint density at radius 3 is 2.74 bits per heavy atom. The summed E-state index contributed by atoms with van der Waals surface area (Å²) in [6, 6.07) is 13.6. The molecule has 2 aromatic heterocycles. The zero-order valence-corrected chi connectivity index (χ0v) is 18.5. The van der Waals surface area contributed by atoms with Gasteiger partial charge in [0.05, 0.1) is 12.1 Å². The van der Waals surface area contributed by atoms with Crippen LogP contribution in [0.5, 0.6) is 5.88 Å². The van der Waals surface area contributed by atoms with Crippen LogP contribution in [0.1, 0.15) is 5.56 Å². The van der Waals surface area contributed by atoms with Gasteiger partial charge in [-0.25, -0.2) is 19.7 Å². The van der Waals surface area contributed by atoms with Crippen LogP contribution in [-0.4, -0.2) is 47.3 Å². The fourth-order valence-electron chi connectivity index (χ4n) is 4.24. The number of carbonyl (C=O) groups excluding carboxylic acids is 1. The first-order valence-corrected chi connectivity index (χ1v) is 11.1. The van der Waals surface area contributed by atoms with Gasteiger partial charge in [-0.1, -0.05) is 12.1 Å². The first-order valence-electron chi connectivity index (χ1n) is 11.1. The molecule has 6 rings (SSSR count). The Hall–Kier alpha value is -4.40. The third kappa shape index (κ3) is 3.61. The number of anilines is 4. The molecule has 0 radical (unpaired) electrons. The molecule has 1 fully saturated rings. The summed E-state index contributed by atoms with van der Waals surface area (Å²) in [7, 11) is 0. The highest BCUT2D eigenvalue weighted by Gasteiger charge is 2.23. The predicted octanol–water partition coefficient (Wildman–Crippen LogP) is 4.50. The summed E-state index contributed by atoms with van der Waals surface area (Å²) in [6.07, 6.45) is 3.33. The highest BCUT2D eigenvalue weighted by molar-refractivity contribution is 5.90. The summed E-state index contributed by atoms with van der Waals surface area (Å²) in [4.78, 5) is 27.0. The smallest absolute Gasteiger partial charge is 0.414 e. The summed E-state index contributed by atoms with van der Waals surface area (Å²) in [5.41, 5.74) is 6.55. The number of hydrogen-bond donors (Lipinski definition) is 2. The molecule has 0 saturated carbocycles. The molecule has 1 saturated heterocycles. The number of ether oxygens (including phenoxy) is 2. The van der Waals surface area contributed by atoms with Gasteiger partial charge in [-0.3, -0.25) is 4.90 Å². The van der Waals surface area contributed by atoms with Crippen molar-refractivity contribution in [3.8, 4) is 17.0 Å². The fraction of sp³-hybridized carbons (Fsp3) is 0.200. The highest BCUT2D eigenvalue weighted by Crippen LogP contribution is 2.36. The van der Waals surface area contributed by atoms with Gasteiger partial charge in [0.1, 0.15) is 18.9 Å². The molecule has 2 N–H and O–H groups in total. The third-order valence-corrected chi connectivity index (χ3v) is 6.04. The number of nitrogens with zero attached hydrogens (tertiary/aromatic N) is 4. The maximum Gasteiger partial charge on any atom is 0.414 e. The minimum absolute atomic E-state index is 0.318. The van der Waals surface area contributed by atoms with Crippen molar-refractivity contribution in [2.24, 2.45) is 0 Å². The fourth-order valence-corrected chi connectivity index (χ4v) is 4.24. The molecule has 1 amide bonds. The SMILES string of the molecule is Cc1c(-c2ccc3cnc(Nc4ccc(N5CCOC5=O)cc4)nc3c2)cnc2c1NCCO2. The molecular weight excluding hydrogens is 432 g/mol. The first-order chi connectivity index (χ1) is 16.7. The van der Waals surface area contributed by atoms with Gasteiger partial charge in [-0.05, 0) is 48.4 Å². The second-order valence-corrected chi connectivity index (χ2v) is 8.16. The molecule has 2 aliphatic heterocycles. The van der Waals surface area contributed by atoms with Gasteiger partial charge >= 0.3 is 6.09 Å². The lowest BCUT2D eigenvalue weighted by Gasteiger charge is -2.21. The number of carbonyl (C=O) groups is 1. The van der Waals surface area contributed by atoms with Gasteiger partial charge in [-0.15, -0.1) is 0 Å². The van der Waals surface area contributed by atoms with Crippen LogP contribution in [0.25, 0.3) is 22.0 Å². The maximum atomic E-state index is 11.8. The molecule has 9 nitrogen and oxygen atoms in total. The molecule has 4 aromatic rings. The molecule has 2 aromatic carbocycles. The van der Waals surface area contributed by atoms with E-state index in [2.05, 4.69) is 33.6 Å². The minimum Gasteiger partial charge on any atom is -0.474 e. The quantitative estimate of drug-likeness (QED) is 0.465. The lowest BCUT2D eigenvalue weighted by molar-refractivity contribution is 0.181. The van der Waals surface area contributed by atoms with Crippen molar-refractivity contribution in [1.82, 2.24) is 15.0 Å². The third-order valence-electron chi connectivity index (χ3n) is 6.04. The average Bonchev–Trinajstić information content (AvgIpc) is 3.30. The molecule has 0 bridgehead atoms. The van der Waals surface area contributed by atoms with Gasteiger partial charge in [0.15, 0.2) is 0 Å². The Bertz CT molecular complexity index is 1410. The molecule has 0 unspecified atom stereocenters. The lowest BCUT2D eigenvalue weighted by atomic mass is 10.00. The molecule has 9 heteroatoms. The molecule has 0 spiro atoms. The van der Waals surface area contributed by atoms with Crippen molar-refractivity contribution in [3.63, 3.8) is 0 Å². The Morgan fingerprint density at radius 2 is 1.91 bits per heavy atom. The average molecular weight is 454 g/mol. The van der Waals surface area contributed by atoms with Gasteiger partial charge < -0.3 is 20.1 Å². The molecule has 2 aliphatic rings. The number of hydrogen-bond acceptors (Lipinski definition) is 8. The van der Waals surface area contributed by atoms with Crippen LogP contribution >= 0.6 is 0 Å². The Morgan fingerprint density at radius 1 is 1.03 bits per heavy atom. The van der Waals surface area contributed by atoms with Crippen LogP contribution in [0.3, 0.4) is 0 Å². The number of fused-ring (bicyclic) bond motifs is 2. The number of nitrogens with one attached hydrogen (secondary N) is 2. The Balaban J connectivity index is 1.27. The second kappa shape index (κ2) is 8.18.